The largest absolute Gasteiger partial charge is 0.417 e. The molecule has 186 valence electrons. The van der Waals surface area contributed by atoms with Gasteiger partial charge in [0, 0.05) is 37.8 Å². The summed E-state index contributed by atoms with van der Waals surface area (Å²) in [5.74, 6) is -0.349. The molecule has 1 amide bonds. The highest BCUT2D eigenvalue weighted by molar-refractivity contribution is 7.89. The fraction of sp³-hybridized carbons (Fsp3) is 0.435. The van der Waals surface area contributed by atoms with Gasteiger partial charge in [0.2, 0.25) is 15.9 Å². The zero-order chi connectivity index (χ0) is 25.0. The van der Waals surface area contributed by atoms with Crippen LogP contribution in [-0.2, 0) is 27.5 Å². The molecule has 2 aromatic heterocycles. The van der Waals surface area contributed by atoms with E-state index in [-0.39, 0.29) is 66.2 Å². The van der Waals surface area contributed by atoms with Crippen LogP contribution < -0.4 is 0 Å². The minimum absolute atomic E-state index is 0.000464. The van der Waals surface area contributed by atoms with Gasteiger partial charge in [-0.15, -0.1) is 0 Å². The molecule has 0 spiro atoms. The lowest BCUT2D eigenvalue weighted by Gasteiger charge is -2.34. The first kappa shape index (κ1) is 23.7. The number of nitrogens with zero attached hydrogens (tertiary/aromatic N) is 5. The van der Waals surface area contributed by atoms with Crippen LogP contribution in [0.4, 0.5) is 13.2 Å². The van der Waals surface area contributed by atoms with Crippen molar-refractivity contribution in [1.82, 2.24) is 24.0 Å². The van der Waals surface area contributed by atoms with E-state index in [4.69, 9.17) is 0 Å². The molecular weight excluding hydrogens is 483 g/mol. The zero-order valence-electron chi connectivity index (χ0n) is 19.0. The zero-order valence-corrected chi connectivity index (χ0v) is 19.8. The highest BCUT2D eigenvalue weighted by Gasteiger charge is 2.38. The second-order valence-corrected chi connectivity index (χ2v) is 10.8. The smallest absolute Gasteiger partial charge is 0.338 e. The van der Waals surface area contributed by atoms with E-state index in [0.717, 1.165) is 18.9 Å². The van der Waals surface area contributed by atoms with E-state index in [2.05, 4.69) is 10.1 Å². The summed E-state index contributed by atoms with van der Waals surface area (Å²) in [5, 5.41) is 4.12. The summed E-state index contributed by atoms with van der Waals surface area (Å²) in [6, 6.07) is 9.18. The number of carbonyl (C=O) groups is 1. The van der Waals surface area contributed by atoms with E-state index >= 15 is 0 Å². The number of amides is 1. The monoisotopic (exact) mass is 507 g/mol. The number of aryl methyl sites for hydroxylation is 1. The third-order valence-electron chi connectivity index (χ3n) is 6.46. The normalized spacial score (nSPS) is 17.8. The van der Waals surface area contributed by atoms with Crippen LogP contribution in [0, 0.1) is 6.92 Å². The Kier molecular flexibility index (Phi) is 5.83. The summed E-state index contributed by atoms with van der Waals surface area (Å²) >= 11 is 0. The van der Waals surface area contributed by atoms with Crippen molar-refractivity contribution in [3.63, 3.8) is 0 Å². The average molecular weight is 508 g/mol. The summed E-state index contributed by atoms with van der Waals surface area (Å²) in [6.07, 6.45) is -2.98. The lowest BCUT2D eigenvalue weighted by molar-refractivity contribution is -0.136. The van der Waals surface area contributed by atoms with Crippen LogP contribution in [0.1, 0.15) is 35.7 Å². The minimum atomic E-state index is -4.56. The van der Waals surface area contributed by atoms with Crippen molar-refractivity contribution in [2.24, 2.45) is 0 Å². The summed E-state index contributed by atoms with van der Waals surface area (Å²) < 4.78 is 69.6. The number of benzene rings is 1. The van der Waals surface area contributed by atoms with Crippen LogP contribution in [-0.4, -0.2) is 64.5 Å². The third kappa shape index (κ3) is 4.52. The molecule has 5 rings (SSSR count). The lowest BCUT2D eigenvalue weighted by Crippen LogP contribution is -2.51. The fourth-order valence-corrected chi connectivity index (χ4v) is 5.89. The first-order valence-electron chi connectivity index (χ1n) is 11.3. The van der Waals surface area contributed by atoms with E-state index in [1.54, 1.807) is 18.2 Å². The maximum atomic E-state index is 13.8. The maximum Gasteiger partial charge on any atom is 0.417 e. The van der Waals surface area contributed by atoms with Gasteiger partial charge in [-0.05, 0) is 38.0 Å². The van der Waals surface area contributed by atoms with Crippen molar-refractivity contribution in [1.29, 1.82) is 0 Å². The first-order chi connectivity index (χ1) is 16.6. The molecule has 3 aromatic rings. The molecule has 8 nitrogen and oxygen atoms in total. The predicted octanol–water partition coefficient (Wildman–Crippen LogP) is 3.17. The molecule has 3 heterocycles. The van der Waals surface area contributed by atoms with Gasteiger partial charge in [-0.3, -0.25) is 4.79 Å². The number of fused-ring (bicyclic) bond motifs is 1. The molecule has 1 saturated carbocycles. The van der Waals surface area contributed by atoms with Gasteiger partial charge in [-0.1, -0.05) is 18.2 Å². The molecule has 0 unspecified atom stereocenters. The third-order valence-corrected chi connectivity index (χ3v) is 8.37. The molecule has 0 N–H and O–H groups in total. The number of pyridine rings is 1. The molecule has 12 heteroatoms. The quantitative estimate of drug-likeness (QED) is 0.530. The minimum Gasteiger partial charge on any atom is -0.338 e. The Morgan fingerprint density at radius 1 is 1.09 bits per heavy atom. The van der Waals surface area contributed by atoms with Gasteiger partial charge < -0.3 is 4.90 Å². The molecule has 1 saturated heterocycles. The van der Waals surface area contributed by atoms with Crippen LogP contribution in [0.15, 0.2) is 41.3 Å². The Hall–Kier alpha value is -2.99. The van der Waals surface area contributed by atoms with Crippen molar-refractivity contribution in [3.8, 4) is 0 Å². The van der Waals surface area contributed by atoms with E-state index in [1.807, 2.05) is 0 Å². The van der Waals surface area contributed by atoms with Crippen molar-refractivity contribution < 1.29 is 26.4 Å². The Balaban J connectivity index is 1.35. The van der Waals surface area contributed by atoms with Crippen molar-refractivity contribution >= 4 is 27.0 Å². The molecule has 1 aliphatic carbocycles. The molecule has 1 aromatic carbocycles. The molecule has 35 heavy (non-hydrogen) atoms. The number of halogens is 3. The van der Waals surface area contributed by atoms with Gasteiger partial charge in [0.1, 0.15) is 6.54 Å². The molecule has 1 aliphatic heterocycles. The fourth-order valence-electron chi connectivity index (χ4n) is 4.44. The number of aromatic nitrogens is 3. The maximum absolute atomic E-state index is 13.8. The molecule has 2 aliphatic rings. The summed E-state index contributed by atoms with van der Waals surface area (Å²) in [7, 11) is -3.66. The Bertz CT molecular complexity index is 1380. The number of rotatable bonds is 5. The molecule has 2 fully saturated rings. The highest BCUT2D eigenvalue weighted by atomic mass is 32.2. The standard InChI is InChI=1S/C23H24F3N5O3S/c1-15-21-18(23(24,25)26)13-19(16-7-8-16)27-22(21)31(28-15)14-20(32)29-9-11-30(12-10-29)35(33,34)17-5-3-2-4-6-17/h2-6,13,16H,7-12,14H2,1H3. The molecule has 0 atom stereocenters. The van der Waals surface area contributed by atoms with Crippen molar-refractivity contribution in [2.45, 2.75) is 43.3 Å². The van der Waals surface area contributed by atoms with Crippen molar-refractivity contribution in [3.05, 3.63) is 53.3 Å². The van der Waals surface area contributed by atoms with E-state index in [0.29, 0.717) is 5.69 Å². The van der Waals surface area contributed by atoms with Gasteiger partial charge in [-0.25, -0.2) is 18.1 Å². The van der Waals surface area contributed by atoms with Gasteiger partial charge >= 0.3 is 6.18 Å². The second kappa shape index (κ2) is 8.59. The number of hydrogen-bond donors (Lipinski definition) is 0. The number of hydrogen-bond acceptors (Lipinski definition) is 5. The van der Waals surface area contributed by atoms with Crippen LogP contribution >= 0.6 is 0 Å². The summed E-state index contributed by atoms with van der Waals surface area (Å²) in [5.41, 5.74) is -0.190. The van der Waals surface area contributed by atoms with Gasteiger partial charge in [-0.2, -0.15) is 22.6 Å². The SMILES string of the molecule is Cc1nn(CC(=O)N2CCN(S(=O)(=O)c3ccccc3)CC2)c2nc(C3CC3)cc(C(F)(F)F)c12. The average Bonchev–Trinajstić information content (AvgIpc) is 3.64. The van der Waals surface area contributed by atoms with Crippen LogP contribution in [0.5, 0.6) is 0 Å². The van der Waals surface area contributed by atoms with Gasteiger partial charge in [0.15, 0.2) is 5.65 Å². The van der Waals surface area contributed by atoms with E-state index in [1.165, 1.54) is 32.9 Å². The topological polar surface area (TPSA) is 88.4 Å². The summed E-state index contributed by atoms with van der Waals surface area (Å²) in [4.78, 5) is 19.2. The lowest BCUT2D eigenvalue weighted by atomic mass is 10.1. The van der Waals surface area contributed by atoms with Crippen molar-refractivity contribution in [2.75, 3.05) is 26.2 Å². The Morgan fingerprint density at radius 2 is 1.74 bits per heavy atom. The number of alkyl halides is 3. The van der Waals surface area contributed by atoms with Crippen LogP contribution in [0.25, 0.3) is 11.0 Å². The van der Waals surface area contributed by atoms with E-state index < -0.39 is 21.8 Å². The summed E-state index contributed by atoms with van der Waals surface area (Å²) in [6.45, 7) is 1.82. The highest BCUT2D eigenvalue weighted by Crippen LogP contribution is 2.43. The second-order valence-electron chi connectivity index (χ2n) is 8.91. The van der Waals surface area contributed by atoms with Gasteiger partial charge in [0.05, 0.1) is 21.5 Å². The molecular formula is C23H24F3N5O3S. The number of piperazine rings is 1. The Labute approximate surface area is 200 Å². The molecule has 0 radical (unpaired) electrons. The number of sulfonamides is 1. The van der Waals surface area contributed by atoms with Crippen LogP contribution in [0.3, 0.4) is 0 Å². The van der Waals surface area contributed by atoms with E-state index in [9.17, 15) is 26.4 Å². The van der Waals surface area contributed by atoms with Gasteiger partial charge in [0.25, 0.3) is 0 Å². The first-order valence-corrected chi connectivity index (χ1v) is 12.8. The molecule has 0 bridgehead atoms. The number of carbonyl (C=O) groups excluding carboxylic acids is 1. The van der Waals surface area contributed by atoms with Crippen LogP contribution in [0.2, 0.25) is 0 Å². The Morgan fingerprint density at radius 3 is 2.34 bits per heavy atom. The predicted molar refractivity (Wildman–Crippen MR) is 121 cm³/mol.